The van der Waals surface area contributed by atoms with E-state index in [9.17, 15) is 0 Å². The maximum absolute atomic E-state index is 5.45. The Balaban J connectivity index is 0.000000293. The third-order valence-corrected chi connectivity index (χ3v) is 1.96. The van der Waals surface area contributed by atoms with Crippen LogP contribution in [0.25, 0.3) is 0 Å². The third kappa shape index (κ3) is 2.66. The molecule has 0 N–H and O–H groups in total. The molecule has 1 aliphatic heterocycles. The number of benzene rings is 1. The molecular weight excluding hydrogens is 174 g/mol. The highest BCUT2D eigenvalue weighted by Gasteiger charge is 2.12. The summed E-state index contributed by atoms with van der Waals surface area (Å²) >= 11 is 0. The highest BCUT2D eigenvalue weighted by atomic mass is 16.5. The smallest absolute Gasteiger partial charge is 0.142 e. The van der Waals surface area contributed by atoms with Crippen LogP contribution in [0.4, 0.5) is 5.69 Å². The van der Waals surface area contributed by atoms with Crippen molar-refractivity contribution in [3.05, 3.63) is 24.3 Å². The van der Waals surface area contributed by atoms with E-state index in [1.807, 2.05) is 18.2 Å². The minimum atomic E-state index is 0.799. The van der Waals surface area contributed by atoms with Crippen molar-refractivity contribution in [2.24, 2.45) is 0 Å². The molecule has 0 aromatic heterocycles. The van der Waals surface area contributed by atoms with Crippen LogP contribution < -0.4 is 9.64 Å². The summed E-state index contributed by atoms with van der Waals surface area (Å²) in [6.45, 7) is 6.03. The number of nitrogens with zero attached hydrogens (tertiary/aromatic N) is 1. The van der Waals surface area contributed by atoms with E-state index >= 15 is 0 Å². The molecule has 0 saturated heterocycles. The van der Waals surface area contributed by atoms with Crippen LogP contribution >= 0.6 is 0 Å². The summed E-state index contributed by atoms with van der Waals surface area (Å²) in [7, 11) is 2.08. The Hall–Kier alpha value is -1.18. The molecule has 0 amide bonds. The first-order valence-corrected chi connectivity index (χ1v) is 5.22. The van der Waals surface area contributed by atoms with E-state index in [4.69, 9.17) is 4.74 Å². The third-order valence-electron chi connectivity index (χ3n) is 1.96. The summed E-state index contributed by atoms with van der Waals surface area (Å²) in [5.41, 5.74) is 1.19. The second-order valence-electron chi connectivity index (χ2n) is 3.44. The lowest BCUT2D eigenvalue weighted by Crippen LogP contribution is -2.28. The van der Waals surface area contributed by atoms with Crippen LogP contribution in [-0.4, -0.2) is 20.2 Å². The van der Waals surface area contributed by atoms with E-state index < -0.39 is 0 Å². The number of hydrogen-bond donors (Lipinski definition) is 0. The normalized spacial score (nSPS) is 13.5. The number of fused-ring (bicyclic) bond motifs is 1. The summed E-state index contributed by atoms with van der Waals surface area (Å²) in [6, 6.07) is 8.11. The first-order valence-electron chi connectivity index (χ1n) is 5.22. The van der Waals surface area contributed by atoms with Crippen molar-refractivity contribution >= 4 is 5.69 Å². The predicted molar refractivity (Wildman–Crippen MR) is 61.2 cm³/mol. The second kappa shape index (κ2) is 5.53. The van der Waals surface area contributed by atoms with Gasteiger partial charge in [0.05, 0.1) is 12.2 Å². The van der Waals surface area contributed by atoms with Gasteiger partial charge in [0.15, 0.2) is 0 Å². The Bertz CT molecular complexity index is 273. The fraction of sp³-hybridized carbons (Fsp3) is 0.500. The van der Waals surface area contributed by atoms with E-state index in [1.165, 1.54) is 12.1 Å². The molecule has 0 atom stereocenters. The van der Waals surface area contributed by atoms with Gasteiger partial charge >= 0.3 is 0 Å². The van der Waals surface area contributed by atoms with Gasteiger partial charge in [-0.1, -0.05) is 32.4 Å². The summed E-state index contributed by atoms with van der Waals surface area (Å²) < 4.78 is 5.45. The van der Waals surface area contributed by atoms with Crippen LogP contribution in [0.5, 0.6) is 5.75 Å². The highest BCUT2D eigenvalue weighted by Crippen LogP contribution is 2.29. The number of ether oxygens (including phenoxy) is 1. The lowest BCUT2D eigenvalue weighted by molar-refractivity contribution is 0.311. The SMILES string of the molecule is CCC.CN1CCOc2ccccc21. The topological polar surface area (TPSA) is 12.5 Å². The van der Waals surface area contributed by atoms with Gasteiger partial charge in [-0.05, 0) is 12.1 Å². The van der Waals surface area contributed by atoms with Gasteiger partial charge in [0, 0.05) is 7.05 Å². The van der Waals surface area contributed by atoms with Crippen molar-refractivity contribution in [1.29, 1.82) is 0 Å². The zero-order valence-electron chi connectivity index (χ0n) is 9.29. The molecule has 0 unspecified atom stereocenters. The molecule has 1 aromatic rings. The van der Waals surface area contributed by atoms with Gasteiger partial charge in [-0.25, -0.2) is 0 Å². The molecule has 0 fully saturated rings. The van der Waals surface area contributed by atoms with Crippen LogP contribution in [0.2, 0.25) is 0 Å². The van der Waals surface area contributed by atoms with E-state index in [0.717, 1.165) is 18.9 Å². The molecule has 0 saturated carbocycles. The van der Waals surface area contributed by atoms with Crippen molar-refractivity contribution in [2.75, 3.05) is 25.1 Å². The largest absolute Gasteiger partial charge is 0.490 e. The average molecular weight is 193 g/mol. The molecule has 2 heteroatoms. The van der Waals surface area contributed by atoms with Gasteiger partial charge in [-0.15, -0.1) is 0 Å². The van der Waals surface area contributed by atoms with Gasteiger partial charge in [-0.2, -0.15) is 0 Å². The van der Waals surface area contributed by atoms with Crippen molar-refractivity contribution in [2.45, 2.75) is 20.3 Å². The van der Waals surface area contributed by atoms with Crippen LogP contribution in [0.1, 0.15) is 20.3 Å². The van der Waals surface area contributed by atoms with Crippen LogP contribution in [0, 0.1) is 0 Å². The Kier molecular flexibility index (Phi) is 4.30. The van der Waals surface area contributed by atoms with Crippen LogP contribution in [0.15, 0.2) is 24.3 Å². The summed E-state index contributed by atoms with van der Waals surface area (Å²) in [4.78, 5) is 2.21. The Morgan fingerprint density at radius 1 is 1.29 bits per heavy atom. The Morgan fingerprint density at radius 2 is 1.93 bits per heavy atom. The molecule has 1 aromatic carbocycles. The quantitative estimate of drug-likeness (QED) is 0.628. The molecule has 0 radical (unpaired) electrons. The molecule has 78 valence electrons. The van der Waals surface area contributed by atoms with Crippen molar-refractivity contribution < 1.29 is 4.74 Å². The van der Waals surface area contributed by atoms with Gasteiger partial charge in [0.1, 0.15) is 12.4 Å². The minimum absolute atomic E-state index is 0.799. The highest BCUT2D eigenvalue weighted by molar-refractivity contribution is 5.58. The van der Waals surface area contributed by atoms with Crippen molar-refractivity contribution in [3.63, 3.8) is 0 Å². The minimum Gasteiger partial charge on any atom is -0.490 e. The fourth-order valence-corrected chi connectivity index (χ4v) is 1.31. The Labute approximate surface area is 86.5 Å². The number of likely N-dealkylation sites (N-methyl/N-ethyl adjacent to an activating group) is 1. The fourth-order valence-electron chi connectivity index (χ4n) is 1.31. The van der Waals surface area contributed by atoms with Gasteiger partial charge < -0.3 is 9.64 Å². The molecule has 0 aliphatic carbocycles. The molecule has 1 aliphatic rings. The molecule has 14 heavy (non-hydrogen) atoms. The Morgan fingerprint density at radius 3 is 2.57 bits per heavy atom. The molecule has 1 heterocycles. The van der Waals surface area contributed by atoms with E-state index in [2.05, 4.69) is 31.9 Å². The number of hydrogen-bond acceptors (Lipinski definition) is 2. The van der Waals surface area contributed by atoms with E-state index in [-0.39, 0.29) is 0 Å². The molecular formula is C12H19NO. The second-order valence-corrected chi connectivity index (χ2v) is 3.44. The van der Waals surface area contributed by atoms with E-state index in [0.29, 0.717) is 0 Å². The van der Waals surface area contributed by atoms with Crippen molar-refractivity contribution in [1.82, 2.24) is 0 Å². The maximum Gasteiger partial charge on any atom is 0.142 e. The standard InChI is InChI=1S/C9H11NO.C3H8/c1-10-6-7-11-9-5-3-2-4-8(9)10;1-3-2/h2-5H,6-7H2,1H3;3H2,1-2H3. The molecule has 2 nitrogen and oxygen atoms in total. The molecule has 0 bridgehead atoms. The van der Waals surface area contributed by atoms with Crippen LogP contribution in [0.3, 0.4) is 0 Å². The lowest BCUT2D eigenvalue weighted by Gasteiger charge is -2.27. The molecule has 0 spiro atoms. The summed E-state index contributed by atoms with van der Waals surface area (Å²) in [5.74, 6) is 1.00. The average Bonchev–Trinajstić information content (AvgIpc) is 2.20. The maximum atomic E-state index is 5.45. The van der Waals surface area contributed by atoms with Gasteiger partial charge in [-0.3, -0.25) is 0 Å². The number of rotatable bonds is 0. The van der Waals surface area contributed by atoms with E-state index in [1.54, 1.807) is 0 Å². The first kappa shape index (κ1) is 10.9. The lowest BCUT2D eigenvalue weighted by atomic mass is 10.2. The first-order chi connectivity index (χ1) is 6.79. The zero-order valence-corrected chi connectivity index (χ0v) is 9.29. The molecule has 2 rings (SSSR count). The van der Waals surface area contributed by atoms with Gasteiger partial charge in [0.2, 0.25) is 0 Å². The number of anilines is 1. The predicted octanol–water partition coefficient (Wildman–Crippen LogP) is 2.93. The zero-order chi connectivity index (χ0) is 10.4. The summed E-state index contributed by atoms with van der Waals surface area (Å²) in [6.07, 6.45) is 1.25. The summed E-state index contributed by atoms with van der Waals surface area (Å²) in [5, 5.41) is 0. The van der Waals surface area contributed by atoms with Crippen LogP contribution in [-0.2, 0) is 0 Å². The van der Waals surface area contributed by atoms with Gasteiger partial charge in [0.25, 0.3) is 0 Å². The monoisotopic (exact) mass is 193 g/mol. The van der Waals surface area contributed by atoms with Crippen molar-refractivity contribution in [3.8, 4) is 5.75 Å². The number of para-hydroxylation sites is 2.